The SMILES string of the molecule is CC(C)n1cccc1NC(=O)c1ccccc1. The van der Waals surface area contributed by atoms with E-state index in [-0.39, 0.29) is 5.91 Å². The van der Waals surface area contributed by atoms with E-state index in [0.29, 0.717) is 11.6 Å². The maximum absolute atomic E-state index is 12.0. The Morgan fingerprint density at radius 1 is 1.12 bits per heavy atom. The van der Waals surface area contributed by atoms with Crippen LogP contribution in [0.15, 0.2) is 48.7 Å². The van der Waals surface area contributed by atoms with Crippen molar-refractivity contribution < 1.29 is 4.79 Å². The second-order valence-electron chi connectivity index (χ2n) is 4.21. The lowest BCUT2D eigenvalue weighted by Crippen LogP contribution is -2.15. The van der Waals surface area contributed by atoms with Crippen LogP contribution in [0.4, 0.5) is 5.82 Å². The van der Waals surface area contributed by atoms with Gasteiger partial charge in [0.25, 0.3) is 5.91 Å². The molecule has 0 bridgehead atoms. The van der Waals surface area contributed by atoms with E-state index in [2.05, 4.69) is 19.2 Å². The lowest BCUT2D eigenvalue weighted by molar-refractivity contribution is 0.102. The number of aromatic nitrogens is 1. The second-order valence-corrected chi connectivity index (χ2v) is 4.21. The van der Waals surface area contributed by atoms with Crippen LogP contribution in [-0.4, -0.2) is 10.5 Å². The van der Waals surface area contributed by atoms with E-state index in [4.69, 9.17) is 0 Å². The molecule has 0 aliphatic heterocycles. The predicted molar refractivity (Wildman–Crippen MR) is 69.2 cm³/mol. The van der Waals surface area contributed by atoms with Crippen LogP contribution in [0, 0.1) is 0 Å². The minimum Gasteiger partial charge on any atom is -0.332 e. The molecule has 1 N–H and O–H groups in total. The molecule has 2 aromatic rings. The van der Waals surface area contributed by atoms with Crippen molar-refractivity contribution in [3.05, 3.63) is 54.2 Å². The molecule has 0 atom stereocenters. The minimum atomic E-state index is -0.0776. The summed E-state index contributed by atoms with van der Waals surface area (Å²) in [5, 5.41) is 2.91. The third-order valence-electron chi connectivity index (χ3n) is 2.61. The standard InChI is InChI=1S/C14H16N2O/c1-11(2)16-10-6-9-13(16)15-14(17)12-7-4-3-5-8-12/h3-11H,1-2H3,(H,15,17). The van der Waals surface area contributed by atoms with Gasteiger partial charge < -0.3 is 9.88 Å². The summed E-state index contributed by atoms with van der Waals surface area (Å²) in [5.74, 6) is 0.750. The molecule has 1 aromatic carbocycles. The van der Waals surface area contributed by atoms with Crippen LogP contribution in [0.1, 0.15) is 30.2 Å². The van der Waals surface area contributed by atoms with Crippen molar-refractivity contribution in [2.24, 2.45) is 0 Å². The van der Waals surface area contributed by atoms with Gasteiger partial charge in [0.15, 0.2) is 0 Å². The first-order valence-corrected chi connectivity index (χ1v) is 5.71. The molecule has 1 amide bonds. The van der Waals surface area contributed by atoms with Crippen molar-refractivity contribution in [2.75, 3.05) is 5.32 Å². The molecule has 17 heavy (non-hydrogen) atoms. The van der Waals surface area contributed by atoms with Crippen molar-refractivity contribution in [2.45, 2.75) is 19.9 Å². The maximum atomic E-state index is 12.0. The number of hydrogen-bond donors (Lipinski definition) is 1. The van der Waals surface area contributed by atoms with Gasteiger partial charge in [0.2, 0.25) is 0 Å². The average molecular weight is 228 g/mol. The van der Waals surface area contributed by atoms with E-state index < -0.39 is 0 Å². The highest BCUT2D eigenvalue weighted by Gasteiger charge is 2.09. The Balaban J connectivity index is 2.16. The van der Waals surface area contributed by atoms with Crippen LogP contribution in [-0.2, 0) is 0 Å². The van der Waals surface area contributed by atoms with Gasteiger partial charge in [-0.2, -0.15) is 0 Å². The van der Waals surface area contributed by atoms with Crippen molar-refractivity contribution in [1.29, 1.82) is 0 Å². The number of nitrogens with zero attached hydrogens (tertiary/aromatic N) is 1. The number of anilines is 1. The summed E-state index contributed by atoms with van der Waals surface area (Å²) in [6.07, 6.45) is 1.96. The number of carbonyl (C=O) groups is 1. The van der Waals surface area contributed by atoms with E-state index in [1.54, 1.807) is 12.1 Å². The molecule has 3 nitrogen and oxygen atoms in total. The van der Waals surface area contributed by atoms with Crippen LogP contribution < -0.4 is 5.32 Å². The highest BCUT2D eigenvalue weighted by atomic mass is 16.1. The van der Waals surface area contributed by atoms with E-state index in [1.165, 1.54) is 0 Å². The molecule has 0 saturated heterocycles. The predicted octanol–water partition coefficient (Wildman–Crippen LogP) is 3.32. The van der Waals surface area contributed by atoms with Crippen LogP contribution in [0.3, 0.4) is 0 Å². The van der Waals surface area contributed by atoms with Gasteiger partial charge in [0.1, 0.15) is 5.82 Å². The molecule has 2 rings (SSSR count). The fraction of sp³-hybridized carbons (Fsp3) is 0.214. The summed E-state index contributed by atoms with van der Waals surface area (Å²) in [6, 6.07) is 13.4. The molecule has 0 aliphatic carbocycles. The molecule has 3 heteroatoms. The molecule has 1 heterocycles. The van der Waals surface area contributed by atoms with Gasteiger partial charge >= 0.3 is 0 Å². The van der Waals surface area contributed by atoms with Crippen molar-refractivity contribution in [3.8, 4) is 0 Å². The number of nitrogens with one attached hydrogen (secondary N) is 1. The third kappa shape index (κ3) is 2.56. The summed E-state index contributed by atoms with van der Waals surface area (Å²) in [5.41, 5.74) is 0.670. The zero-order valence-electron chi connectivity index (χ0n) is 10.1. The Labute approximate surface area is 101 Å². The minimum absolute atomic E-state index is 0.0776. The number of benzene rings is 1. The van der Waals surface area contributed by atoms with Crippen molar-refractivity contribution >= 4 is 11.7 Å². The largest absolute Gasteiger partial charge is 0.332 e. The Morgan fingerprint density at radius 2 is 1.82 bits per heavy atom. The zero-order chi connectivity index (χ0) is 12.3. The highest BCUT2D eigenvalue weighted by molar-refractivity contribution is 6.03. The van der Waals surface area contributed by atoms with Crippen LogP contribution in [0.25, 0.3) is 0 Å². The molecule has 1 aromatic heterocycles. The maximum Gasteiger partial charge on any atom is 0.256 e. The summed E-state index contributed by atoms with van der Waals surface area (Å²) in [7, 11) is 0. The van der Waals surface area contributed by atoms with Crippen LogP contribution in [0.5, 0.6) is 0 Å². The molecular formula is C14H16N2O. The summed E-state index contributed by atoms with van der Waals surface area (Å²) < 4.78 is 2.03. The normalized spacial score (nSPS) is 10.5. The van der Waals surface area contributed by atoms with Crippen molar-refractivity contribution in [3.63, 3.8) is 0 Å². The van der Waals surface area contributed by atoms with Gasteiger partial charge in [-0.3, -0.25) is 4.79 Å². The van der Waals surface area contributed by atoms with Gasteiger partial charge in [-0.1, -0.05) is 18.2 Å². The smallest absolute Gasteiger partial charge is 0.256 e. The molecule has 0 radical (unpaired) electrons. The second kappa shape index (κ2) is 4.87. The Morgan fingerprint density at radius 3 is 2.47 bits per heavy atom. The lowest BCUT2D eigenvalue weighted by atomic mass is 10.2. The first-order valence-electron chi connectivity index (χ1n) is 5.71. The number of hydrogen-bond acceptors (Lipinski definition) is 1. The van der Waals surface area contributed by atoms with Crippen LogP contribution >= 0.6 is 0 Å². The summed E-state index contributed by atoms with van der Waals surface area (Å²) >= 11 is 0. The monoisotopic (exact) mass is 228 g/mol. The molecule has 0 aliphatic rings. The quantitative estimate of drug-likeness (QED) is 0.859. The highest BCUT2D eigenvalue weighted by Crippen LogP contribution is 2.16. The van der Waals surface area contributed by atoms with E-state index in [1.807, 2.05) is 41.1 Å². The first-order chi connectivity index (χ1) is 8.18. The van der Waals surface area contributed by atoms with E-state index in [9.17, 15) is 4.79 Å². The average Bonchev–Trinajstić information content (AvgIpc) is 2.78. The Kier molecular flexibility index (Phi) is 3.28. The van der Waals surface area contributed by atoms with E-state index >= 15 is 0 Å². The Bertz CT molecular complexity index is 500. The molecule has 0 saturated carbocycles. The molecule has 0 spiro atoms. The summed E-state index contributed by atoms with van der Waals surface area (Å²) in [4.78, 5) is 12.0. The number of carbonyl (C=O) groups excluding carboxylic acids is 1. The van der Waals surface area contributed by atoms with Gasteiger partial charge in [-0.05, 0) is 38.1 Å². The zero-order valence-corrected chi connectivity index (χ0v) is 10.1. The molecule has 0 fully saturated rings. The summed E-state index contributed by atoms with van der Waals surface area (Å²) in [6.45, 7) is 4.16. The van der Waals surface area contributed by atoms with Crippen LogP contribution in [0.2, 0.25) is 0 Å². The fourth-order valence-corrected chi connectivity index (χ4v) is 1.73. The lowest BCUT2D eigenvalue weighted by Gasteiger charge is -2.13. The third-order valence-corrected chi connectivity index (χ3v) is 2.61. The number of amides is 1. The molecule has 0 unspecified atom stereocenters. The molecular weight excluding hydrogens is 212 g/mol. The first kappa shape index (κ1) is 11.5. The van der Waals surface area contributed by atoms with Gasteiger partial charge in [0.05, 0.1) is 0 Å². The van der Waals surface area contributed by atoms with Gasteiger partial charge in [-0.25, -0.2) is 0 Å². The number of rotatable bonds is 3. The Hall–Kier alpha value is -2.03. The van der Waals surface area contributed by atoms with Gasteiger partial charge in [0, 0.05) is 17.8 Å². The fourth-order valence-electron chi connectivity index (χ4n) is 1.73. The van der Waals surface area contributed by atoms with E-state index in [0.717, 1.165) is 5.82 Å². The van der Waals surface area contributed by atoms with Crippen molar-refractivity contribution in [1.82, 2.24) is 4.57 Å². The molecule has 88 valence electrons. The topological polar surface area (TPSA) is 34.0 Å². The van der Waals surface area contributed by atoms with Gasteiger partial charge in [-0.15, -0.1) is 0 Å².